The van der Waals surface area contributed by atoms with Crippen LogP contribution in [-0.2, 0) is 11.2 Å². The highest BCUT2D eigenvalue weighted by atomic mass is 19.1. The van der Waals surface area contributed by atoms with Crippen LogP contribution in [-0.4, -0.2) is 18.2 Å². The average Bonchev–Trinajstić information content (AvgIpc) is 2.26. The molecule has 0 heterocycles. The lowest BCUT2D eigenvalue weighted by Crippen LogP contribution is -2.22. The van der Waals surface area contributed by atoms with Crippen molar-refractivity contribution in [2.45, 2.75) is 19.4 Å². The molecule has 0 aliphatic carbocycles. The summed E-state index contributed by atoms with van der Waals surface area (Å²) >= 11 is 0. The van der Waals surface area contributed by atoms with Gasteiger partial charge in [0.15, 0.2) is 0 Å². The van der Waals surface area contributed by atoms with Crippen LogP contribution in [0, 0.1) is 5.82 Å². The quantitative estimate of drug-likeness (QED) is 0.817. The number of halogens is 1. The number of carbonyl (C=O) groups is 1. The van der Waals surface area contributed by atoms with E-state index in [0.29, 0.717) is 17.7 Å². The maximum atomic E-state index is 13.2. The fraction of sp³-hybridized carbons (Fsp3) is 0.364. The summed E-state index contributed by atoms with van der Waals surface area (Å²) in [7, 11) is 1.41. The predicted molar refractivity (Wildman–Crippen MR) is 56.9 cm³/mol. The van der Waals surface area contributed by atoms with Crippen LogP contribution in [0.3, 0.4) is 0 Å². The molecule has 0 radical (unpaired) electrons. The Labute approximate surface area is 92.8 Å². The molecule has 1 aromatic carbocycles. The number of carboxylic acid groups (broad SMARTS) is 1. The minimum Gasteiger partial charge on any atom is -0.496 e. The Bertz CT molecular complexity index is 406. The largest absolute Gasteiger partial charge is 0.496 e. The number of ether oxygens (including phenoxy) is 1. The summed E-state index contributed by atoms with van der Waals surface area (Å²) in [5.41, 5.74) is 6.37. The first-order chi connectivity index (χ1) is 7.51. The average molecular weight is 227 g/mol. The Morgan fingerprint density at radius 2 is 2.25 bits per heavy atom. The zero-order chi connectivity index (χ0) is 12.3. The molecular weight excluding hydrogens is 213 g/mol. The lowest BCUT2D eigenvalue weighted by atomic mass is 9.98. The Balaban J connectivity index is 3.35. The molecule has 0 bridgehead atoms. The van der Waals surface area contributed by atoms with Crippen LogP contribution in [0.4, 0.5) is 4.39 Å². The van der Waals surface area contributed by atoms with E-state index in [2.05, 4.69) is 0 Å². The number of hydrogen-bond acceptors (Lipinski definition) is 3. The van der Waals surface area contributed by atoms with Gasteiger partial charge in [0, 0.05) is 6.07 Å². The molecule has 4 nitrogen and oxygen atoms in total. The number of methoxy groups -OCH3 is 1. The van der Waals surface area contributed by atoms with E-state index in [1.165, 1.54) is 13.2 Å². The van der Waals surface area contributed by atoms with Crippen molar-refractivity contribution in [3.63, 3.8) is 0 Å². The van der Waals surface area contributed by atoms with E-state index in [1.807, 2.05) is 6.92 Å². The van der Waals surface area contributed by atoms with Gasteiger partial charge in [-0.2, -0.15) is 0 Å². The Kier molecular flexibility index (Phi) is 3.84. The van der Waals surface area contributed by atoms with Crippen molar-refractivity contribution in [2.75, 3.05) is 7.11 Å². The summed E-state index contributed by atoms with van der Waals surface area (Å²) < 4.78 is 18.2. The molecule has 88 valence electrons. The predicted octanol–water partition coefficient (Wildman–Crippen LogP) is 1.48. The zero-order valence-electron chi connectivity index (χ0n) is 9.16. The van der Waals surface area contributed by atoms with Gasteiger partial charge < -0.3 is 15.6 Å². The maximum Gasteiger partial charge on any atom is 0.325 e. The molecule has 0 saturated carbocycles. The second kappa shape index (κ2) is 4.94. The van der Waals surface area contributed by atoms with Gasteiger partial charge in [-0.1, -0.05) is 6.92 Å². The first kappa shape index (κ1) is 12.4. The van der Waals surface area contributed by atoms with Gasteiger partial charge in [-0.25, -0.2) is 4.39 Å². The minimum absolute atomic E-state index is 0.256. The number of aliphatic carboxylic acids is 1. The van der Waals surface area contributed by atoms with Gasteiger partial charge in [-0.15, -0.1) is 0 Å². The van der Waals surface area contributed by atoms with Crippen molar-refractivity contribution in [2.24, 2.45) is 5.73 Å². The maximum absolute atomic E-state index is 13.2. The summed E-state index contributed by atoms with van der Waals surface area (Å²) in [6.45, 7) is 1.83. The molecule has 0 fully saturated rings. The van der Waals surface area contributed by atoms with Crippen molar-refractivity contribution < 1.29 is 19.0 Å². The first-order valence-corrected chi connectivity index (χ1v) is 4.86. The second-order valence-electron chi connectivity index (χ2n) is 3.35. The molecule has 0 aliphatic heterocycles. The van der Waals surface area contributed by atoms with Gasteiger partial charge in [0.1, 0.15) is 17.6 Å². The fourth-order valence-corrected chi connectivity index (χ4v) is 1.60. The molecule has 0 spiro atoms. The van der Waals surface area contributed by atoms with Crippen molar-refractivity contribution in [1.82, 2.24) is 0 Å². The normalized spacial score (nSPS) is 12.2. The van der Waals surface area contributed by atoms with Gasteiger partial charge >= 0.3 is 5.97 Å². The summed E-state index contributed by atoms with van der Waals surface area (Å²) in [5.74, 6) is -1.42. The standard InChI is InChI=1S/C11H14FNO3/c1-3-7-8(10(13)11(14)15)4-6(12)5-9(7)16-2/h4-5,10H,3,13H2,1-2H3,(H,14,15). The molecule has 1 aromatic rings. The molecule has 1 rings (SSSR count). The Morgan fingerprint density at radius 3 is 2.69 bits per heavy atom. The lowest BCUT2D eigenvalue weighted by molar-refractivity contribution is -0.138. The molecule has 0 saturated heterocycles. The van der Waals surface area contributed by atoms with Crippen molar-refractivity contribution in [3.8, 4) is 5.75 Å². The lowest BCUT2D eigenvalue weighted by Gasteiger charge is -2.15. The van der Waals surface area contributed by atoms with E-state index < -0.39 is 17.8 Å². The topological polar surface area (TPSA) is 72.5 Å². The molecule has 5 heteroatoms. The summed E-state index contributed by atoms with van der Waals surface area (Å²) in [4.78, 5) is 10.8. The highest BCUT2D eigenvalue weighted by molar-refractivity contribution is 5.76. The summed E-state index contributed by atoms with van der Waals surface area (Å²) in [6.07, 6.45) is 0.528. The highest BCUT2D eigenvalue weighted by Gasteiger charge is 2.21. The smallest absolute Gasteiger partial charge is 0.325 e. The summed E-state index contributed by atoms with van der Waals surface area (Å²) in [6, 6.07) is 1.12. The SMILES string of the molecule is CCc1c(OC)cc(F)cc1C(N)C(=O)O. The van der Waals surface area contributed by atoms with Gasteiger partial charge in [0.05, 0.1) is 7.11 Å². The first-order valence-electron chi connectivity index (χ1n) is 4.86. The van der Waals surface area contributed by atoms with Crippen molar-refractivity contribution >= 4 is 5.97 Å². The van der Waals surface area contributed by atoms with Crippen molar-refractivity contribution in [1.29, 1.82) is 0 Å². The van der Waals surface area contributed by atoms with Crippen molar-refractivity contribution in [3.05, 3.63) is 29.1 Å². The zero-order valence-corrected chi connectivity index (χ0v) is 9.16. The van der Waals surface area contributed by atoms with E-state index in [1.54, 1.807) is 0 Å². The number of hydrogen-bond donors (Lipinski definition) is 2. The molecule has 3 N–H and O–H groups in total. The third kappa shape index (κ3) is 2.30. The van der Waals surface area contributed by atoms with Crippen LogP contribution < -0.4 is 10.5 Å². The number of benzene rings is 1. The van der Waals surface area contributed by atoms with Crippen LogP contribution in [0.5, 0.6) is 5.75 Å². The highest BCUT2D eigenvalue weighted by Crippen LogP contribution is 2.28. The van der Waals surface area contributed by atoms with E-state index in [0.717, 1.165) is 6.07 Å². The number of carboxylic acids is 1. The van der Waals surface area contributed by atoms with Crippen LogP contribution in [0.1, 0.15) is 24.1 Å². The van der Waals surface area contributed by atoms with Crippen LogP contribution in [0.2, 0.25) is 0 Å². The molecule has 1 atom stereocenters. The second-order valence-corrected chi connectivity index (χ2v) is 3.35. The van der Waals surface area contributed by atoms with Gasteiger partial charge in [-0.3, -0.25) is 4.79 Å². The monoisotopic (exact) mass is 227 g/mol. The third-order valence-electron chi connectivity index (χ3n) is 2.38. The number of nitrogens with two attached hydrogens (primary N) is 1. The molecule has 0 aliphatic rings. The van der Waals surface area contributed by atoms with Gasteiger partial charge in [-0.05, 0) is 23.6 Å². The van der Waals surface area contributed by atoms with Crippen LogP contribution >= 0.6 is 0 Å². The van der Waals surface area contributed by atoms with E-state index in [9.17, 15) is 9.18 Å². The van der Waals surface area contributed by atoms with E-state index in [-0.39, 0.29) is 5.56 Å². The molecular formula is C11H14FNO3. The molecule has 0 aromatic heterocycles. The van der Waals surface area contributed by atoms with Crippen LogP contribution in [0.15, 0.2) is 12.1 Å². The van der Waals surface area contributed by atoms with E-state index >= 15 is 0 Å². The van der Waals surface area contributed by atoms with Gasteiger partial charge in [0.25, 0.3) is 0 Å². The molecule has 1 unspecified atom stereocenters. The Morgan fingerprint density at radius 1 is 1.62 bits per heavy atom. The number of rotatable bonds is 4. The molecule has 0 amide bonds. The molecule has 16 heavy (non-hydrogen) atoms. The van der Waals surface area contributed by atoms with E-state index in [4.69, 9.17) is 15.6 Å². The van der Waals surface area contributed by atoms with Gasteiger partial charge in [0.2, 0.25) is 0 Å². The third-order valence-corrected chi connectivity index (χ3v) is 2.38. The Hall–Kier alpha value is -1.62. The minimum atomic E-state index is -1.24. The summed E-state index contributed by atoms with van der Waals surface area (Å²) in [5, 5.41) is 8.82. The van der Waals surface area contributed by atoms with Crippen LogP contribution in [0.25, 0.3) is 0 Å². The fourth-order valence-electron chi connectivity index (χ4n) is 1.60.